The highest BCUT2D eigenvalue weighted by Gasteiger charge is 2.29. The molecule has 1 saturated carbocycles. The Kier molecular flexibility index (Phi) is 5.64. The molecule has 0 radical (unpaired) electrons. The maximum Gasteiger partial charge on any atom is 0.331 e. The molecule has 0 saturated heterocycles. The topological polar surface area (TPSA) is 75.3 Å². The molecule has 5 heteroatoms. The molecule has 2 N–H and O–H groups in total. The predicted molar refractivity (Wildman–Crippen MR) is 111 cm³/mol. The number of phenolic OH excluding ortho intramolecular Hbond substituents is 1. The van der Waals surface area contributed by atoms with E-state index >= 15 is 0 Å². The summed E-state index contributed by atoms with van der Waals surface area (Å²) in [6.45, 7) is 7.72. The number of nitrogens with zero attached hydrogens (tertiary/aromatic N) is 2. The summed E-state index contributed by atoms with van der Waals surface area (Å²) in [5, 5.41) is 19.3. The molecule has 1 aromatic heterocycles. The molecule has 1 heterocycles. The molecule has 1 fully saturated rings. The lowest BCUT2D eigenvalue weighted by Crippen LogP contribution is -2.15. The summed E-state index contributed by atoms with van der Waals surface area (Å²) in [4.78, 5) is 16.7. The predicted octanol–water partition coefficient (Wildman–Crippen LogP) is 5.67. The molecule has 1 aromatic carbocycles. The van der Waals surface area contributed by atoms with Crippen LogP contribution in [0, 0.1) is 5.41 Å². The van der Waals surface area contributed by atoms with E-state index in [2.05, 4.69) is 4.57 Å². The van der Waals surface area contributed by atoms with Gasteiger partial charge in [-0.2, -0.15) is 0 Å². The molecule has 0 atom stereocenters. The molecule has 0 amide bonds. The molecular weight excluding hydrogens is 352 g/mol. The lowest BCUT2D eigenvalue weighted by atomic mass is 9.82. The number of aliphatic carboxylic acids is 1. The van der Waals surface area contributed by atoms with Gasteiger partial charge in [0.05, 0.1) is 5.69 Å². The van der Waals surface area contributed by atoms with Gasteiger partial charge < -0.3 is 14.8 Å². The number of carboxylic acids is 1. The van der Waals surface area contributed by atoms with Gasteiger partial charge in [-0.25, -0.2) is 9.78 Å². The highest BCUT2D eigenvalue weighted by molar-refractivity contribution is 5.96. The van der Waals surface area contributed by atoms with Crippen LogP contribution in [0.2, 0.25) is 0 Å². The van der Waals surface area contributed by atoms with Crippen molar-refractivity contribution in [3.8, 4) is 17.1 Å². The molecule has 0 spiro atoms. The van der Waals surface area contributed by atoms with Gasteiger partial charge >= 0.3 is 5.97 Å². The first kappa shape index (κ1) is 20.2. The Hall–Kier alpha value is -2.56. The van der Waals surface area contributed by atoms with Crippen LogP contribution in [-0.4, -0.2) is 25.7 Å². The molecule has 0 aliphatic heterocycles. The smallest absolute Gasteiger partial charge is 0.331 e. The quantitative estimate of drug-likeness (QED) is 0.669. The number of aromatic nitrogens is 2. The first-order chi connectivity index (χ1) is 13.2. The van der Waals surface area contributed by atoms with Crippen molar-refractivity contribution in [1.82, 2.24) is 9.55 Å². The molecule has 150 valence electrons. The summed E-state index contributed by atoms with van der Waals surface area (Å²) in [7, 11) is 0. The van der Waals surface area contributed by atoms with E-state index in [9.17, 15) is 15.0 Å². The molecule has 0 bridgehead atoms. The van der Waals surface area contributed by atoms with Crippen molar-refractivity contribution in [2.24, 2.45) is 5.41 Å². The maximum atomic E-state index is 11.7. The summed E-state index contributed by atoms with van der Waals surface area (Å²) in [6.07, 6.45) is 7.90. The minimum atomic E-state index is -0.914. The first-order valence-electron chi connectivity index (χ1n) is 10.0. The Labute approximate surface area is 166 Å². The van der Waals surface area contributed by atoms with E-state index in [0.717, 1.165) is 35.5 Å². The van der Waals surface area contributed by atoms with Crippen LogP contribution >= 0.6 is 0 Å². The van der Waals surface area contributed by atoms with Crippen molar-refractivity contribution in [2.45, 2.75) is 65.8 Å². The summed E-state index contributed by atoms with van der Waals surface area (Å²) in [5.41, 5.74) is 2.39. The monoisotopic (exact) mass is 382 g/mol. The third-order valence-electron chi connectivity index (χ3n) is 5.53. The van der Waals surface area contributed by atoms with Gasteiger partial charge in [-0.1, -0.05) is 40.0 Å². The number of aromatic hydroxyl groups is 1. The summed E-state index contributed by atoms with van der Waals surface area (Å²) in [5.74, 6) is 0.141. The molecule has 1 aliphatic rings. The number of hydrogen-bond donors (Lipinski definition) is 2. The first-order valence-corrected chi connectivity index (χ1v) is 10.0. The van der Waals surface area contributed by atoms with Crippen LogP contribution in [0.25, 0.3) is 17.0 Å². The van der Waals surface area contributed by atoms with Crippen LogP contribution in [0.5, 0.6) is 5.75 Å². The van der Waals surface area contributed by atoms with Crippen molar-refractivity contribution >= 4 is 11.5 Å². The Balaban J connectivity index is 2.19. The van der Waals surface area contributed by atoms with Gasteiger partial charge in [-0.3, -0.25) is 0 Å². The normalized spacial score (nSPS) is 16.7. The molecule has 2 aromatic rings. The second kappa shape index (κ2) is 7.82. The molecule has 3 rings (SSSR count). The number of allylic oxidation sites excluding steroid dienone is 1. The molecule has 5 nitrogen and oxygen atoms in total. The number of benzene rings is 1. The Bertz CT molecular complexity index is 880. The Morgan fingerprint density at radius 1 is 1.11 bits per heavy atom. The average Bonchev–Trinajstić information content (AvgIpc) is 3.06. The van der Waals surface area contributed by atoms with Crippen LogP contribution in [0.3, 0.4) is 0 Å². The minimum Gasteiger partial charge on any atom is -0.508 e. The van der Waals surface area contributed by atoms with Crippen LogP contribution < -0.4 is 0 Å². The van der Waals surface area contributed by atoms with Crippen LogP contribution in [0.1, 0.15) is 71.5 Å². The number of imidazole rings is 1. The van der Waals surface area contributed by atoms with E-state index in [1.165, 1.54) is 19.3 Å². The second-order valence-corrected chi connectivity index (χ2v) is 8.75. The van der Waals surface area contributed by atoms with Crippen molar-refractivity contribution in [3.05, 3.63) is 41.7 Å². The number of phenols is 1. The SMILES string of the molecule is CC(C(=O)O)=C(c1cn(C2CCCCC2)c(-c2ccc(O)cc2)n1)C(C)(C)C. The largest absolute Gasteiger partial charge is 0.508 e. The van der Waals surface area contributed by atoms with Crippen LogP contribution in [0.4, 0.5) is 0 Å². The molecule has 28 heavy (non-hydrogen) atoms. The number of hydrogen-bond acceptors (Lipinski definition) is 3. The number of rotatable bonds is 4. The van der Waals surface area contributed by atoms with E-state index in [-0.39, 0.29) is 11.2 Å². The van der Waals surface area contributed by atoms with Gasteiger partial charge in [-0.05, 0) is 55.0 Å². The standard InChI is InChI=1S/C23H30N2O3/c1-15(22(27)28)20(23(2,3)4)19-14-25(17-8-6-5-7-9-17)21(24-19)16-10-12-18(26)13-11-16/h10-14,17,26H,5-9H2,1-4H3,(H,27,28). The fourth-order valence-electron chi connectivity index (χ4n) is 4.22. The maximum absolute atomic E-state index is 11.7. The average molecular weight is 383 g/mol. The number of carbonyl (C=O) groups is 1. The van der Waals surface area contributed by atoms with Crippen molar-refractivity contribution in [1.29, 1.82) is 0 Å². The van der Waals surface area contributed by atoms with Crippen molar-refractivity contribution < 1.29 is 15.0 Å². The summed E-state index contributed by atoms with van der Waals surface area (Å²) < 4.78 is 2.22. The lowest BCUT2D eigenvalue weighted by Gasteiger charge is -2.25. The van der Waals surface area contributed by atoms with Gasteiger partial charge in [0.2, 0.25) is 0 Å². The zero-order chi connectivity index (χ0) is 20.5. The van der Waals surface area contributed by atoms with Gasteiger partial charge in [0, 0.05) is 23.4 Å². The molecular formula is C23H30N2O3. The van der Waals surface area contributed by atoms with Gasteiger partial charge in [-0.15, -0.1) is 0 Å². The molecule has 0 unspecified atom stereocenters. The van der Waals surface area contributed by atoms with Crippen molar-refractivity contribution in [2.75, 3.05) is 0 Å². The fraction of sp³-hybridized carbons (Fsp3) is 0.478. The Morgan fingerprint density at radius 2 is 1.71 bits per heavy atom. The van der Waals surface area contributed by atoms with E-state index in [0.29, 0.717) is 11.6 Å². The highest BCUT2D eigenvalue weighted by Crippen LogP contribution is 2.40. The van der Waals surface area contributed by atoms with Crippen LogP contribution in [0.15, 0.2) is 36.0 Å². The van der Waals surface area contributed by atoms with E-state index in [4.69, 9.17) is 4.98 Å². The Morgan fingerprint density at radius 3 is 2.25 bits per heavy atom. The molecule has 1 aliphatic carbocycles. The lowest BCUT2D eigenvalue weighted by molar-refractivity contribution is -0.132. The third-order valence-corrected chi connectivity index (χ3v) is 5.53. The van der Waals surface area contributed by atoms with E-state index in [1.807, 2.05) is 39.1 Å². The van der Waals surface area contributed by atoms with Gasteiger partial charge in [0.1, 0.15) is 11.6 Å². The van der Waals surface area contributed by atoms with Gasteiger partial charge in [0.15, 0.2) is 0 Å². The van der Waals surface area contributed by atoms with E-state index < -0.39 is 5.97 Å². The fourth-order valence-corrected chi connectivity index (χ4v) is 4.22. The number of carboxylic acid groups (broad SMARTS) is 1. The highest BCUT2D eigenvalue weighted by atomic mass is 16.4. The van der Waals surface area contributed by atoms with Crippen molar-refractivity contribution in [3.63, 3.8) is 0 Å². The van der Waals surface area contributed by atoms with Gasteiger partial charge in [0.25, 0.3) is 0 Å². The third kappa shape index (κ3) is 4.13. The van der Waals surface area contributed by atoms with E-state index in [1.54, 1.807) is 19.1 Å². The van der Waals surface area contributed by atoms with Crippen LogP contribution in [-0.2, 0) is 4.79 Å². The second-order valence-electron chi connectivity index (χ2n) is 8.75. The zero-order valence-corrected chi connectivity index (χ0v) is 17.2. The zero-order valence-electron chi connectivity index (χ0n) is 17.2. The minimum absolute atomic E-state index is 0.219. The summed E-state index contributed by atoms with van der Waals surface area (Å²) >= 11 is 0. The summed E-state index contributed by atoms with van der Waals surface area (Å²) in [6, 6.07) is 7.43.